The van der Waals surface area contributed by atoms with E-state index >= 15 is 0 Å². The number of carbonyl (C=O) groups is 1. The van der Waals surface area contributed by atoms with Gasteiger partial charge >= 0.3 is 6.61 Å². The van der Waals surface area contributed by atoms with Crippen molar-refractivity contribution in [2.45, 2.75) is 32.2 Å². The molecule has 0 radical (unpaired) electrons. The molecule has 1 fully saturated rings. The van der Waals surface area contributed by atoms with Gasteiger partial charge in [0.15, 0.2) is 0 Å². The summed E-state index contributed by atoms with van der Waals surface area (Å²) in [6.45, 7) is 0.653. The third-order valence-corrected chi connectivity index (χ3v) is 3.53. The summed E-state index contributed by atoms with van der Waals surface area (Å²) in [5.41, 5.74) is 0.835. The van der Waals surface area contributed by atoms with Crippen LogP contribution in [0.3, 0.4) is 0 Å². The molecule has 0 spiro atoms. The summed E-state index contributed by atoms with van der Waals surface area (Å²) in [7, 11) is 1.70. The molecule has 0 aromatic heterocycles. The van der Waals surface area contributed by atoms with E-state index in [2.05, 4.69) is 10.1 Å². The molecule has 1 aromatic carbocycles. The van der Waals surface area contributed by atoms with Crippen LogP contribution in [-0.2, 0) is 16.1 Å². The molecule has 1 saturated heterocycles. The minimum atomic E-state index is -2.84. The summed E-state index contributed by atoms with van der Waals surface area (Å²) >= 11 is 0. The molecule has 1 N–H and O–H groups in total. The van der Waals surface area contributed by atoms with Crippen molar-refractivity contribution in [1.82, 2.24) is 10.2 Å². The van der Waals surface area contributed by atoms with Gasteiger partial charge < -0.3 is 19.7 Å². The maximum absolute atomic E-state index is 12.4. The van der Waals surface area contributed by atoms with E-state index in [1.54, 1.807) is 24.1 Å². The van der Waals surface area contributed by atoms with Crippen LogP contribution in [0.2, 0.25) is 0 Å². The highest BCUT2D eigenvalue weighted by atomic mass is 35.5. The SMILES string of the molecule is C[C@H]1OCCN[C@@H]1C(=O)N(C)Cc1ccc(OC(F)F)cc1.Cl. The topological polar surface area (TPSA) is 50.8 Å². The molecular weight excluding hydrogens is 330 g/mol. The second-order valence-corrected chi connectivity index (χ2v) is 5.22. The molecular formula is C15H21ClF2N2O3. The van der Waals surface area contributed by atoms with Crippen molar-refractivity contribution in [3.63, 3.8) is 0 Å². The summed E-state index contributed by atoms with van der Waals surface area (Å²) < 4.78 is 33.9. The number of hydrogen-bond acceptors (Lipinski definition) is 4. The van der Waals surface area contributed by atoms with E-state index < -0.39 is 6.61 Å². The highest BCUT2D eigenvalue weighted by Gasteiger charge is 2.30. The Kier molecular flexibility index (Phi) is 7.67. The first kappa shape index (κ1) is 19.6. The maximum atomic E-state index is 12.4. The van der Waals surface area contributed by atoms with E-state index in [0.717, 1.165) is 5.56 Å². The first-order chi connectivity index (χ1) is 10.5. The van der Waals surface area contributed by atoms with Crippen LogP contribution in [0, 0.1) is 0 Å². The van der Waals surface area contributed by atoms with E-state index in [0.29, 0.717) is 19.7 Å². The summed E-state index contributed by atoms with van der Waals surface area (Å²) in [5, 5.41) is 3.15. The standard InChI is InChI=1S/C15H20F2N2O3.ClH/c1-10-13(18-7-8-21-10)14(20)19(2)9-11-3-5-12(6-4-11)22-15(16)17;/h3-6,10,13,15,18H,7-9H2,1-2H3;1H/t10-,13+;/m1./s1. The Balaban J connectivity index is 0.00000264. The number of nitrogens with one attached hydrogen (secondary N) is 1. The lowest BCUT2D eigenvalue weighted by atomic mass is 10.1. The van der Waals surface area contributed by atoms with Gasteiger partial charge in [-0.15, -0.1) is 12.4 Å². The normalized spacial score (nSPS) is 20.7. The molecule has 2 atom stereocenters. The molecule has 1 heterocycles. The van der Waals surface area contributed by atoms with Crippen LogP contribution in [0.25, 0.3) is 0 Å². The lowest BCUT2D eigenvalue weighted by molar-refractivity contribution is -0.138. The fourth-order valence-electron chi connectivity index (χ4n) is 2.38. The van der Waals surface area contributed by atoms with Gasteiger partial charge in [0, 0.05) is 20.1 Å². The number of nitrogens with zero attached hydrogens (tertiary/aromatic N) is 1. The highest BCUT2D eigenvalue weighted by molar-refractivity contribution is 5.85. The fraction of sp³-hybridized carbons (Fsp3) is 0.533. The Morgan fingerprint density at radius 1 is 1.43 bits per heavy atom. The van der Waals surface area contributed by atoms with Gasteiger partial charge in [-0.1, -0.05) is 12.1 Å². The van der Waals surface area contributed by atoms with Crippen LogP contribution >= 0.6 is 12.4 Å². The average molecular weight is 351 g/mol. The molecule has 0 unspecified atom stereocenters. The Labute approximate surface area is 140 Å². The van der Waals surface area contributed by atoms with E-state index in [1.807, 2.05) is 6.92 Å². The largest absolute Gasteiger partial charge is 0.435 e. The number of likely N-dealkylation sites (N-methyl/N-ethyl adjacent to an activating group) is 1. The van der Waals surface area contributed by atoms with E-state index in [9.17, 15) is 13.6 Å². The van der Waals surface area contributed by atoms with Crippen molar-refractivity contribution in [2.75, 3.05) is 20.2 Å². The number of rotatable bonds is 5. The first-order valence-electron chi connectivity index (χ1n) is 7.11. The van der Waals surface area contributed by atoms with Crippen LogP contribution in [-0.4, -0.2) is 49.8 Å². The van der Waals surface area contributed by atoms with Gasteiger partial charge in [-0.05, 0) is 24.6 Å². The van der Waals surface area contributed by atoms with Crippen molar-refractivity contribution in [3.8, 4) is 5.75 Å². The monoisotopic (exact) mass is 350 g/mol. The third kappa shape index (κ3) is 5.60. The highest BCUT2D eigenvalue weighted by Crippen LogP contribution is 2.16. The Bertz CT molecular complexity index is 502. The summed E-state index contributed by atoms with van der Waals surface area (Å²) in [6.07, 6.45) is -0.175. The Hall–Kier alpha value is -1.44. The van der Waals surface area contributed by atoms with Gasteiger partial charge in [-0.25, -0.2) is 0 Å². The lowest BCUT2D eigenvalue weighted by Gasteiger charge is -2.32. The van der Waals surface area contributed by atoms with Crippen molar-refractivity contribution in [1.29, 1.82) is 0 Å². The zero-order valence-corrected chi connectivity index (χ0v) is 13.8. The smallest absolute Gasteiger partial charge is 0.387 e. The van der Waals surface area contributed by atoms with E-state index in [-0.39, 0.29) is 36.2 Å². The number of halogens is 3. The van der Waals surface area contributed by atoms with Crippen molar-refractivity contribution in [2.24, 2.45) is 0 Å². The maximum Gasteiger partial charge on any atom is 0.387 e. The molecule has 130 valence electrons. The Morgan fingerprint density at radius 3 is 2.65 bits per heavy atom. The summed E-state index contributed by atoms with van der Waals surface area (Å²) in [6, 6.07) is 5.89. The number of carbonyl (C=O) groups excluding carboxylic acids is 1. The van der Waals surface area contributed by atoms with Gasteiger partial charge in [0.25, 0.3) is 0 Å². The molecule has 1 aliphatic heterocycles. The molecule has 0 bridgehead atoms. The molecule has 1 amide bonds. The first-order valence-corrected chi connectivity index (χ1v) is 7.11. The van der Waals surface area contributed by atoms with Crippen LogP contribution < -0.4 is 10.1 Å². The number of benzene rings is 1. The van der Waals surface area contributed by atoms with Crippen LogP contribution in [0.1, 0.15) is 12.5 Å². The van der Waals surface area contributed by atoms with Crippen LogP contribution in [0.4, 0.5) is 8.78 Å². The minimum Gasteiger partial charge on any atom is -0.435 e. The van der Waals surface area contributed by atoms with Crippen molar-refractivity contribution < 1.29 is 23.0 Å². The molecule has 8 heteroatoms. The number of morpholine rings is 1. The number of hydrogen-bond donors (Lipinski definition) is 1. The average Bonchev–Trinajstić information content (AvgIpc) is 2.48. The van der Waals surface area contributed by atoms with Gasteiger partial charge in [0.2, 0.25) is 5.91 Å². The second-order valence-electron chi connectivity index (χ2n) is 5.22. The predicted octanol–water partition coefficient (Wildman–Crippen LogP) is 2.05. The van der Waals surface area contributed by atoms with Crippen LogP contribution in [0.15, 0.2) is 24.3 Å². The molecule has 2 rings (SSSR count). The zero-order valence-electron chi connectivity index (χ0n) is 13.0. The molecule has 1 aromatic rings. The Morgan fingerprint density at radius 2 is 2.09 bits per heavy atom. The predicted molar refractivity (Wildman–Crippen MR) is 84.0 cm³/mol. The van der Waals surface area contributed by atoms with Crippen LogP contribution in [0.5, 0.6) is 5.75 Å². The molecule has 1 aliphatic rings. The molecule has 0 saturated carbocycles. The molecule has 5 nitrogen and oxygen atoms in total. The third-order valence-electron chi connectivity index (χ3n) is 3.53. The summed E-state index contributed by atoms with van der Waals surface area (Å²) in [4.78, 5) is 14.0. The quantitative estimate of drug-likeness (QED) is 0.883. The summed E-state index contributed by atoms with van der Waals surface area (Å²) in [5.74, 6) is 0.0452. The van der Waals surface area contributed by atoms with Crippen molar-refractivity contribution >= 4 is 18.3 Å². The molecule has 0 aliphatic carbocycles. The van der Waals surface area contributed by atoms with Gasteiger partial charge in [0.05, 0.1) is 12.7 Å². The van der Waals surface area contributed by atoms with Gasteiger partial charge in [-0.3, -0.25) is 4.79 Å². The van der Waals surface area contributed by atoms with Crippen molar-refractivity contribution in [3.05, 3.63) is 29.8 Å². The second kappa shape index (κ2) is 9.00. The van der Waals surface area contributed by atoms with Gasteiger partial charge in [0.1, 0.15) is 11.8 Å². The van der Waals surface area contributed by atoms with Gasteiger partial charge in [-0.2, -0.15) is 8.78 Å². The van der Waals surface area contributed by atoms with E-state index in [4.69, 9.17) is 4.74 Å². The number of alkyl halides is 2. The minimum absolute atomic E-state index is 0. The zero-order chi connectivity index (χ0) is 16.1. The number of ether oxygens (including phenoxy) is 2. The number of amides is 1. The van der Waals surface area contributed by atoms with E-state index in [1.165, 1.54) is 12.1 Å². The lowest BCUT2D eigenvalue weighted by Crippen LogP contribution is -2.55. The molecule has 23 heavy (non-hydrogen) atoms. The fourth-order valence-corrected chi connectivity index (χ4v) is 2.38.